The fourth-order valence-corrected chi connectivity index (χ4v) is 2.44. The van der Waals surface area contributed by atoms with Crippen molar-refractivity contribution in [3.05, 3.63) is 28.5 Å². The molecular weight excluding hydrogens is 240 g/mol. The third kappa shape index (κ3) is 1.71. The molecule has 3 heteroatoms. The molecule has 0 atom stereocenters. The van der Waals surface area contributed by atoms with E-state index in [9.17, 15) is 0 Å². The molecule has 1 heterocycles. The van der Waals surface area contributed by atoms with Gasteiger partial charge in [0.1, 0.15) is 0 Å². The average Bonchev–Trinajstić information content (AvgIpc) is 2.13. The molecule has 1 saturated carbocycles. The van der Waals surface area contributed by atoms with Crippen molar-refractivity contribution in [1.82, 2.24) is 4.98 Å². The predicted molar refractivity (Wildman–Crippen MR) is 61.1 cm³/mol. The zero-order valence-electron chi connectivity index (χ0n) is 8.17. The first-order chi connectivity index (χ1) is 6.77. The van der Waals surface area contributed by atoms with Gasteiger partial charge in [0.15, 0.2) is 0 Å². The van der Waals surface area contributed by atoms with Gasteiger partial charge in [-0.25, -0.2) is 0 Å². The van der Waals surface area contributed by atoms with Gasteiger partial charge in [-0.2, -0.15) is 0 Å². The van der Waals surface area contributed by atoms with E-state index in [1.165, 1.54) is 25.0 Å². The molecule has 1 aliphatic carbocycles. The van der Waals surface area contributed by atoms with E-state index in [2.05, 4.69) is 33.0 Å². The first kappa shape index (κ1) is 10.1. The lowest BCUT2D eigenvalue weighted by atomic mass is 9.64. The maximum Gasteiger partial charge on any atom is 0.0466 e. The molecule has 2 N–H and O–H groups in total. The maximum absolute atomic E-state index is 5.65. The molecule has 0 radical (unpaired) electrons. The first-order valence-corrected chi connectivity index (χ1v) is 5.88. The van der Waals surface area contributed by atoms with Crippen LogP contribution in [0.4, 0.5) is 0 Å². The SMILES string of the molecule is NCCC1(c2ccc(Br)cn2)CCC1. The standard InChI is InChI=1S/C11H15BrN2/c12-9-2-3-10(14-8-9)11(6-7-13)4-1-5-11/h2-3,8H,1,4-7,13H2. The second kappa shape index (κ2) is 3.99. The van der Waals surface area contributed by atoms with Crippen molar-refractivity contribution in [2.45, 2.75) is 31.1 Å². The number of nitrogens with two attached hydrogens (primary N) is 1. The number of rotatable bonds is 3. The van der Waals surface area contributed by atoms with E-state index in [4.69, 9.17) is 5.73 Å². The zero-order chi connectivity index (χ0) is 10.0. The molecule has 2 nitrogen and oxygen atoms in total. The number of aromatic nitrogens is 1. The molecule has 0 spiro atoms. The van der Waals surface area contributed by atoms with Crippen LogP contribution in [0.15, 0.2) is 22.8 Å². The van der Waals surface area contributed by atoms with Gasteiger partial charge >= 0.3 is 0 Å². The van der Waals surface area contributed by atoms with E-state index >= 15 is 0 Å². The minimum atomic E-state index is 0.301. The van der Waals surface area contributed by atoms with Gasteiger partial charge in [-0.3, -0.25) is 4.98 Å². The van der Waals surface area contributed by atoms with E-state index in [1.54, 1.807) is 0 Å². The Kier molecular flexibility index (Phi) is 2.88. The molecule has 14 heavy (non-hydrogen) atoms. The quantitative estimate of drug-likeness (QED) is 0.901. The third-order valence-corrected chi connectivity index (χ3v) is 3.67. The van der Waals surface area contributed by atoms with Crippen LogP contribution in [0.25, 0.3) is 0 Å². The summed E-state index contributed by atoms with van der Waals surface area (Å²) in [7, 11) is 0. The molecule has 0 aromatic carbocycles. The summed E-state index contributed by atoms with van der Waals surface area (Å²) in [6.07, 6.45) is 6.77. The van der Waals surface area contributed by atoms with Gasteiger partial charge in [0, 0.05) is 21.8 Å². The van der Waals surface area contributed by atoms with Gasteiger partial charge in [0.2, 0.25) is 0 Å². The molecule has 0 bridgehead atoms. The highest BCUT2D eigenvalue weighted by atomic mass is 79.9. The molecule has 2 rings (SSSR count). The van der Waals surface area contributed by atoms with Crippen molar-refractivity contribution in [1.29, 1.82) is 0 Å². The van der Waals surface area contributed by atoms with Crippen LogP contribution in [0.1, 0.15) is 31.4 Å². The lowest BCUT2D eigenvalue weighted by Gasteiger charge is -2.41. The van der Waals surface area contributed by atoms with Crippen LogP contribution in [0.3, 0.4) is 0 Å². The lowest BCUT2D eigenvalue weighted by molar-refractivity contribution is 0.222. The first-order valence-electron chi connectivity index (χ1n) is 5.09. The van der Waals surface area contributed by atoms with Crippen molar-refractivity contribution >= 4 is 15.9 Å². The molecule has 1 fully saturated rings. The highest BCUT2D eigenvalue weighted by Gasteiger charge is 2.38. The zero-order valence-corrected chi connectivity index (χ0v) is 9.76. The number of hydrogen-bond donors (Lipinski definition) is 1. The van der Waals surface area contributed by atoms with Gasteiger partial charge in [0.25, 0.3) is 0 Å². The monoisotopic (exact) mass is 254 g/mol. The van der Waals surface area contributed by atoms with Crippen molar-refractivity contribution in [2.75, 3.05) is 6.54 Å². The highest BCUT2D eigenvalue weighted by molar-refractivity contribution is 9.10. The van der Waals surface area contributed by atoms with Crippen LogP contribution in [-0.4, -0.2) is 11.5 Å². The summed E-state index contributed by atoms with van der Waals surface area (Å²) < 4.78 is 1.04. The fourth-order valence-electron chi connectivity index (χ4n) is 2.20. The Labute approximate surface area is 93.0 Å². The summed E-state index contributed by atoms with van der Waals surface area (Å²) in [5, 5.41) is 0. The Hall–Kier alpha value is -0.410. The number of pyridine rings is 1. The predicted octanol–water partition coefficient (Wildman–Crippen LogP) is 2.61. The second-order valence-corrected chi connectivity index (χ2v) is 4.95. The molecule has 0 unspecified atom stereocenters. The van der Waals surface area contributed by atoms with Gasteiger partial charge < -0.3 is 5.73 Å². The molecule has 0 amide bonds. The van der Waals surface area contributed by atoms with E-state index in [1.807, 2.05) is 6.20 Å². The van der Waals surface area contributed by atoms with Gasteiger partial charge in [-0.05, 0) is 53.9 Å². The van der Waals surface area contributed by atoms with E-state index in [0.717, 1.165) is 17.4 Å². The fraction of sp³-hybridized carbons (Fsp3) is 0.545. The lowest BCUT2D eigenvalue weighted by Crippen LogP contribution is -2.37. The Morgan fingerprint density at radius 3 is 2.64 bits per heavy atom. The summed E-state index contributed by atoms with van der Waals surface area (Å²) in [6, 6.07) is 4.19. The highest BCUT2D eigenvalue weighted by Crippen LogP contribution is 2.45. The van der Waals surface area contributed by atoms with Crippen LogP contribution >= 0.6 is 15.9 Å². The number of nitrogens with zero attached hydrogens (tertiary/aromatic N) is 1. The van der Waals surface area contributed by atoms with Crippen molar-refractivity contribution in [3.8, 4) is 0 Å². The molecule has 1 aliphatic rings. The Bertz CT molecular complexity index is 304. The molecule has 0 saturated heterocycles. The summed E-state index contributed by atoms with van der Waals surface area (Å²) in [5.41, 5.74) is 7.18. The maximum atomic E-state index is 5.65. The van der Waals surface area contributed by atoms with Crippen LogP contribution in [0.5, 0.6) is 0 Å². The van der Waals surface area contributed by atoms with Crippen LogP contribution in [0, 0.1) is 0 Å². The van der Waals surface area contributed by atoms with Gasteiger partial charge in [-0.15, -0.1) is 0 Å². The summed E-state index contributed by atoms with van der Waals surface area (Å²) in [5.74, 6) is 0. The third-order valence-electron chi connectivity index (χ3n) is 3.20. The minimum absolute atomic E-state index is 0.301. The molecule has 76 valence electrons. The summed E-state index contributed by atoms with van der Waals surface area (Å²) in [4.78, 5) is 4.49. The van der Waals surface area contributed by atoms with Crippen molar-refractivity contribution in [2.24, 2.45) is 5.73 Å². The van der Waals surface area contributed by atoms with Crippen molar-refractivity contribution < 1.29 is 0 Å². The molecule has 0 aliphatic heterocycles. The Morgan fingerprint density at radius 1 is 1.43 bits per heavy atom. The van der Waals surface area contributed by atoms with E-state index < -0.39 is 0 Å². The minimum Gasteiger partial charge on any atom is -0.330 e. The molecule has 1 aromatic heterocycles. The molecule has 1 aromatic rings. The van der Waals surface area contributed by atoms with Crippen molar-refractivity contribution in [3.63, 3.8) is 0 Å². The van der Waals surface area contributed by atoms with E-state index in [-0.39, 0.29) is 0 Å². The largest absolute Gasteiger partial charge is 0.330 e. The number of halogens is 1. The number of hydrogen-bond acceptors (Lipinski definition) is 2. The Balaban J connectivity index is 2.23. The topological polar surface area (TPSA) is 38.9 Å². The second-order valence-electron chi connectivity index (χ2n) is 4.03. The molecular formula is C11H15BrN2. The Morgan fingerprint density at radius 2 is 2.21 bits per heavy atom. The van der Waals surface area contributed by atoms with E-state index in [0.29, 0.717) is 5.41 Å². The van der Waals surface area contributed by atoms with Gasteiger partial charge in [0.05, 0.1) is 0 Å². The normalized spacial score (nSPS) is 19.0. The summed E-state index contributed by atoms with van der Waals surface area (Å²) >= 11 is 3.40. The van der Waals surface area contributed by atoms with Crippen LogP contribution in [-0.2, 0) is 5.41 Å². The van der Waals surface area contributed by atoms with Gasteiger partial charge in [-0.1, -0.05) is 6.42 Å². The van der Waals surface area contributed by atoms with Crippen LogP contribution in [0.2, 0.25) is 0 Å². The average molecular weight is 255 g/mol. The smallest absolute Gasteiger partial charge is 0.0466 e. The van der Waals surface area contributed by atoms with Crippen LogP contribution < -0.4 is 5.73 Å². The summed E-state index contributed by atoms with van der Waals surface area (Å²) in [6.45, 7) is 0.762.